The molecule has 0 aliphatic carbocycles. The highest BCUT2D eigenvalue weighted by molar-refractivity contribution is 9.13. The summed E-state index contributed by atoms with van der Waals surface area (Å²) in [5.74, 6) is 0.303. The van der Waals surface area contributed by atoms with Crippen molar-refractivity contribution in [3.8, 4) is 5.69 Å². The number of aromatic nitrogens is 4. The van der Waals surface area contributed by atoms with Crippen molar-refractivity contribution in [2.75, 3.05) is 5.32 Å². The van der Waals surface area contributed by atoms with Crippen LogP contribution in [0, 0.1) is 5.82 Å². The molecule has 0 bridgehead atoms. The molecular weight excluding hydrogens is 409 g/mol. The highest BCUT2D eigenvalue weighted by atomic mass is 79.9. The molecule has 0 fully saturated rings. The first-order chi connectivity index (χ1) is 10.1. The molecule has 2 aromatic heterocycles. The van der Waals surface area contributed by atoms with Gasteiger partial charge >= 0.3 is 0 Å². The molecule has 0 aliphatic heterocycles. The Balaban J connectivity index is 1.80. The molecule has 0 saturated carbocycles. The van der Waals surface area contributed by atoms with Gasteiger partial charge in [0.15, 0.2) is 4.67 Å². The lowest BCUT2D eigenvalue weighted by Crippen LogP contribution is -2.03. The fourth-order valence-corrected chi connectivity index (χ4v) is 2.39. The van der Waals surface area contributed by atoms with Gasteiger partial charge in [0, 0.05) is 0 Å². The molecular formula is C12H8Br2FN5O. The third kappa shape index (κ3) is 3.13. The molecule has 3 rings (SSSR count). The van der Waals surface area contributed by atoms with Gasteiger partial charge < -0.3 is 9.73 Å². The molecule has 0 aliphatic rings. The zero-order valence-corrected chi connectivity index (χ0v) is 13.6. The van der Waals surface area contributed by atoms with Crippen LogP contribution in [0.2, 0.25) is 0 Å². The fourth-order valence-electron chi connectivity index (χ4n) is 1.73. The number of furan rings is 1. The van der Waals surface area contributed by atoms with Crippen molar-refractivity contribution in [1.82, 2.24) is 20.2 Å². The number of hydrogen-bond donors (Lipinski definition) is 1. The predicted molar refractivity (Wildman–Crippen MR) is 80.5 cm³/mol. The first kappa shape index (κ1) is 14.2. The van der Waals surface area contributed by atoms with Gasteiger partial charge in [-0.25, -0.2) is 9.07 Å². The van der Waals surface area contributed by atoms with E-state index in [2.05, 4.69) is 52.7 Å². The summed E-state index contributed by atoms with van der Waals surface area (Å²) in [7, 11) is 0. The number of halogens is 3. The monoisotopic (exact) mass is 415 g/mol. The third-order valence-electron chi connectivity index (χ3n) is 2.71. The molecule has 1 aromatic carbocycles. The number of benzene rings is 1. The lowest BCUT2D eigenvalue weighted by molar-refractivity contribution is 0.493. The highest BCUT2D eigenvalue weighted by Crippen LogP contribution is 2.27. The van der Waals surface area contributed by atoms with Crippen LogP contribution >= 0.6 is 31.9 Å². The molecule has 9 heteroatoms. The molecule has 0 amide bonds. The van der Waals surface area contributed by atoms with Gasteiger partial charge in [0.05, 0.1) is 22.4 Å². The quantitative estimate of drug-likeness (QED) is 0.704. The van der Waals surface area contributed by atoms with E-state index in [0.29, 0.717) is 28.3 Å². The molecule has 21 heavy (non-hydrogen) atoms. The van der Waals surface area contributed by atoms with Gasteiger partial charge in [-0.15, -0.1) is 5.10 Å². The Morgan fingerprint density at radius 2 is 2.14 bits per heavy atom. The minimum absolute atomic E-state index is 0.339. The van der Waals surface area contributed by atoms with Crippen molar-refractivity contribution in [3.05, 3.63) is 51.3 Å². The molecule has 1 N–H and O–H groups in total. The smallest absolute Gasteiger partial charge is 0.183 e. The standard InChI is InChI=1S/C12H8Br2FN5O/c13-9-4-8(21-12(9)14)5-16-11-3-7(1-2-10(11)15)20-6-17-18-19-20/h1-4,6,16H,5H2. The first-order valence-corrected chi connectivity index (χ1v) is 7.42. The SMILES string of the molecule is Fc1ccc(-n2cnnn2)cc1NCc1cc(Br)c(Br)o1. The molecule has 108 valence electrons. The van der Waals surface area contributed by atoms with Crippen LogP contribution in [0.3, 0.4) is 0 Å². The summed E-state index contributed by atoms with van der Waals surface area (Å²) < 4.78 is 22.1. The van der Waals surface area contributed by atoms with Gasteiger partial charge in [-0.05, 0) is 66.6 Å². The molecule has 3 aromatic rings. The summed E-state index contributed by atoms with van der Waals surface area (Å²) in [6, 6.07) is 6.38. The minimum atomic E-state index is -0.364. The Kier molecular flexibility index (Phi) is 4.02. The Labute approximate surface area is 135 Å². The normalized spacial score (nSPS) is 10.8. The molecule has 6 nitrogen and oxygen atoms in total. The lowest BCUT2D eigenvalue weighted by Gasteiger charge is -2.08. The van der Waals surface area contributed by atoms with E-state index in [1.165, 1.54) is 17.1 Å². The summed E-state index contributed by atoms with van der Waals surface area (Å²) in [6.45, 7) is 0.347. The van der Waals surface area contributed by atoms with Crippen molar-refractivity contribution in [2.45, 2.75) is 6.54 Å². The van der Waals surface area contributed by atoms with E-state index in [9.17, 15) is 4.39 Å². The molecule has 0 saturated heterocycles. The molecule has 0 unspecified atom stereocenters. The van der Waals surface area contributed by atoms with Crippen molar-refractivity contribution >= 4 is 37.5 Å². The average Bonchev–Trinajstić information content (AvgIpc) is 3.09. The second kappa shape index (κ2) is 5.94. The maximum atomic E-state index is 13.8. The van der Waals surface area contributed by atoms with Crippen LogP contribution in [0.15, 0.2) is 44.2 Å². The van der Waals surface area contributed by atoms with Crippen LogP contribution in [0.4, 0.5) is 10.1 Å². The number of tetrazole rings is 1. The second-order valence-corrected chi connectivity index (χ2v) is 5.68. The van der Waals surface area contributed by atoms with E-state index in [1.807, 2.05) is 0 Å². The number of rotatable bonds is 4. The molecule has 0 spiro atoms. The Bertz CT molecular complexity index is 740. The van der Waals surface area contributed by atoms with E-state index in [1.54, 1.807) is 18.2 Å². The maximum absolute atomic E-state index is 13.8. The topological polar surface area (TPSA) is 68.8 Å². The van der Waals surface area contributed by atoms with Crippen LogP contribution in [0.5, 0.6) is 0 Å². The summed E-state index contributed by atoms with van der Waals surface area (Å²) in [6.07, 6.45) is 1.44. The molecule has 2 heterocycles. The predicted octanol–water partition coefficient (Wildman–Crippen LogP) is 3.53. The van der Waals surface area contributed by atoms with Crippen molar-refractivity contribution in [2.24, 2.45) is 0 Å². The van der Waals surface area contributed by atoms with Crippen molar-refractivity contribution in [1.29, 1.82) is 0 Å². The Hall–Kier alpha value is -1.74. The van der Waals surface area contributed by atoms with E-state index in [0.717, 1.165) is 4.47 Å². The van der Waals surface area contributed by atoms with Gasteiger partial charge in [-0.2, -0.15) is 0 Å². The van der Waals surface area contributed by atoms with Crippen LogP contribution < -0.4 is 5.32 Å². The van der Waals surface area contributed by atoms with E-state index < -0.39 is 0 Å². The van der Waals surface area contributed by atoms with Gasteiger partial charge in [0.25, 0.3) is 0 Å². The number of nitrogens with zero attached hydrogens (tertiary/aromatic N) is 4. The largest absolute Gasteiger partial charge is 0.451 e. The Morgan fingerprint density at radius 1 is 1.29 bits per heavy atom. The number of anilines is 1. The highest BCUT2D eigenvalue weighted by Gasteiger charge is 2.09. The van der Waals surface area contributed by atoms with Gasteiger partial charge in [0.1, 0.15) is 17.9 Å². The number of hydrogen-bond acceptors (Lipinski definition) is 5. The summed E-state index contributed by atoms with van der Waals surface area (Å²) in [4.78, 5) is 0. The molecule has 0 atom stereocenters. The van der Waals surface area contributed by atoms with Crippen molar-refractivity contribution < 1.29 is 8.81 Å². The van der Waals surface area contributed by atoms with E-state index >= 15 is 0 Å². The average molecular weight is 417 g/mol. The van der Waals surface area contributed by atoms with Gasteiger partial charge in [0.2, 0.25) is 0 Å². The van der Waals surface area contributed by atoms with Crippen LogP contribution in [0.25, 0.3) is 5.69 Å². The van der Waals surface area contributed by atoms with Crippen molar-refractivity contribution in [3.63, 3.8) is 0 Å². The Morgan fingerprint density at radius 3 is 2.81 bits per heavy atom. The lowest BCUT2D eigenvalue weighted by atomic mass is 10.2. The molecule has 0 radical (unpaired) electrons. The van der Waals surface area contributed by atoms with Gasteiger partial charge in [-0.1, -0.05) is 0 Å². The van der Waals surface area contributed by atoms with Crippen LogP contribution in [-0.4, -0.2) is 20.2 Å². The first-order valence-electron chi connectivity index (χ1n) is 5.84. The summed E-state index contributed by atoms with van der Waals surface area (Å²) in [5, 5.41) is 13.8. The van der Waals surface area contributed by atoms with Crippen LogP contribution in [-0.2, 0) is 6.54 Å². The second-order valence-electron chi connectivity index (χ2n) is 4.11. The van der Waals surface area contributed by atoms with Crippen LogP contribution in [0.1, 0.15) is 5.76 Å². The fraction of sp³-hybridized carbons (Fsp3) is 0.0833. The summed E-state index contributed by atoms with van der Waals surface area (Å²) >= 11 is 6.58. The maximum Gasteiger partial charge on any atom is 0.183 e. The zero-order chi connectivity index (χ0) is 14.8. The zero-order valence-electron chi connectivity index (χ0n) is 10.4. The van der Waals surface area contributed by atoms with E-state index in [4.69, 9.17) is 4.42 Å². The van der Waals surface area contributed by atoms with Gasteiger partial charge in [-0.3, -0.25) is 0 Å². The minimum Gasteiger partial charge on any atom is -0.451 e. The third-order valence-corrected chi connectivity index (χ3v) is 4.42. The van der Waals surface area contributed by atoms with E-state index in [-0.39, 0.29) is 5.82 Å². The summed E-state index contributed by atoms with van der Waals surface area (Å²) in [5.41, 5.74) is 0.998. The number of nitrogens with one attached hydrogen (secondary N) is 1.